The number of rotatable bonds is 6. The van der Waals surface area contributed by atoms with Gasteiger partial charge in [-0.15, -0.1) is 0 Å². The number of hydrogen-bond donors (Lipinski definition) is 2. The molecule has 0 spiro atoms. The van der Waals surface area contributed by atoms with Gasteiger partial charge in [-0.1, -0.05) is 22.0 Å². The second-order valence-electron chi connectivity index (χ2n) is 4.32. The Balaban J connectivity index is 1.96. The first kappa shape index (κ1) is 15.5. The van der Waals surface area contributed by atoms with Crippen LogP contribution in [0.15, 0.2) is 47.1 Å². The van der Waals surface area contributed by atoms with E-state index in [1.807, 2.05) is 24.3 Å². The monoisotopic (exact) mass is 349 g/mol. The minimum atomic E-state index is -0.191. The number of hydrogen-bond acceptors (Lipinski definition) is 4. The number of carbonyl (C=O) groups is 1. The van der Waals surface area contributed by atoms with Crippen LogP contribution in [0.3, 0.4) is 0 Å². The third-order valence-electron chi connectivity index (χ3n) is 2.72. The molecule has 0 aliphatic carbocycles. The summed E-state index contributed by atoms with van der Waals surface area (Å²) in [7, 11) is 1.64. The number of amides is 1. The van der Waals surface area contributed by atoms with Crippen LogP contribution in [-0.2, 0) is 4.74 Å². The molecule has 0 atom stereocenters. The normalized spacial score (nSPS) is 10.2. The molecule has 0 unspecified atom stereocenters. The van der Waals surface area contributed by atoms with E-state index in [0.29, 0.717) is 24.5 Å². The van der Waals surface area contributed by atoms with Crippen molar-refractivity contribution in [3.8, 4) is 0 Å². The standard InChI is InChI=1S/C15H16BrN3O2/c1-21-8-7-17-14-6-5-11(10-18-14)15(20)19-13-4-2-3-12(16)9-13/h2-6,9-10H,7-8H2,1H3,(H,17,18)(H,19,20). The molecule has 0 aliphatic heterocycles. The van der Waals surface area contributed by atoms with Gasteiger partial charge in [0.25, 0.3) is 5.91 Å². The molecule has 2 aromatic rings. The van der Waals surface area contributed by atoms with Crippen molar-refractivity contribution in [3.05, 3.63) is 52.6 Å². The minimum Gasteiger partial charge on any atom is -0.383 e. The molecule has 1 amide bonds. The van der Waals surface area contributed by atoms with Crippen LogP contribution in [-0.4, -0.2) is 31.2 Å². The summed E-state index contributed by atoms with van der Waals surface area (Å²) in [6.45, 7) is 1.28. The summed E-state index contributed by atoms with van der Waals surface area (Å²) in [6, 6.07) is 10.9. The van der Waals surface area contributed by atoms with Crippen LogP contribution in [0.2, 0.25) is 0 Å². The molecule has 0 fully saturated rings. The largest absolute Gasteiger partial charge is 0.383 e. The first-order valence-corrected chi connectivity index (χ1v) is 7.24. The van der Waals surface area contributed by atoms with Gasteiger partial charge in [-0.25, -0.2) is 4.98 Å². The molecule has 6 heteroatoms. The lowest BCUT2D eigenvalue weighted by Gasteiger charge is -2.07. The molecule has 0 bridgehead atoms. The molecule has 5 nitrogen and oxygen atoms in total. The second kappa shape index (κ2) is 7.75. The van der Waals surface area contributed by atoms with E-state index in [1.54, 1.807) is 25.4 Å². The van der Waals surface area contributed by atoms with E-state index in [9.17, 15) is 4.79 Å². The molecule has 1 aromatic heterocycles. The fraction of sp³-hybridized carbons (Fsp3) is 0.200. The summed E-state index contributed by atoms with van der Waals surface area (Å²) in [5, 5.41) is 5.92. The quantitative estimate of drug-likeness (QED) is 0.786. The van der Waals surface area contributed by atoms with E-state index in [4.69, 9.17) is 4.74 Å². The number of methoxy groups -OCH3 is 1. The Labute approximate surface area is 131 Å². The average Bonchev–Trinajstić information content (AvgIpc) is 2.48. The first-order chi connectivity index (χ1) is 10.2. The summed E-state index contributed by atoms with van der Waals surface area (Å²) in [5.74, 6) is 0.523. The molecule has 110 valence electrons. The predicted octanol–water partition coefficient (Wildman–Crippen LogP) is 3.15. The van der Waals surface area contributed by atoms with Crippen LogP contribution in [0.25, 0.3) is 0 Å². The van der Waals surface area contributed by atoms with Gasteiger partial charge in [0.05, 0.1) is 12.2 Å². The Morgan fingerprint density at radius 3 is 2.86 bits per heavy atom. The van der Waals surface area contributed by atoms with Gasteiger partial charge in [0, 0.05) is 30.0 Å². The number of benzene rings is 1. The van der Waals surface area contributed by atoms with Gasteiger partial charge in [-0.2, -0.15) is 0 Å². The van der Waals surface area contributed by atoms with Gasteiger partial charge in [-0.3, -0.25) is 4.79 Å². The van der Waals surface area contributed by atoms with Crippen molar-refractivity contribution in [1.29, 1.82) is 0 Å². The van der Waals surface area contributed by atoms with Crippen molar-refractivity contribution in [2.45, 2.75) is 0 Å². The maximum atomic E-state index is 12.1. The van der Waals surface area contributed by atoms with Crippen LogP contribution in [0.5, 0.6) is 0 Å². The van der Waals surface area contributed by atoms with Crippen LogP contribution in [0, 0.1) is 0 Å². The molecule has 0 saturated carbocycles. The van der Waals surface area contributed by atoms with Crippen molar-refractivity contribution in [2.24, 2.45) is 0 Å². The Hall–Kier alpha value is -1.92. The molecule has 2 N–H and O–H groups in total. The van der Waals surface area contributed by atoms with E-state index >= 15 is 0 Å². The lowest BCUT2D eigenvalue weighted by Crippen LogP contribution is -2.13. The van der Waals surface area contributed by atoms with Crippen molar-refractivity contribution in [2.75, 3.05) is 30.9 Å². The molecule has 1 heterocycles. The minimum absolute atomic E-state index is 0.191. The number of nitrogens with zero attached hydrogens (tertiary/aromatic N) is 1. The molecular formula is C15H16BrN3O2. The topological polar surface area (TPSA) is 63.2 Å². The molecular weight excluding hydrogens is 334 g/mol. The number of carbonyl (C=O) groups excluding carboxylic acids is 1. The van der Waals surface area contributed by atoms with Gasteiger partial charge in [0.15, 0.2) is 0 Å². The zero-order chi connectivity index (χ0) is 15.1. The van der Waals surface area contributed by atoms with Crippen molar-refractivity contribution in [3.63, 3.8) is 0 Å². The average molecular weight is 350 g/mol. The predicted molar refractivity (Wildman–Crippen MR) is 86.7 cm³/mol. The zero-order valence-corrected chi connectivity index (χ0v) is 13.2. The van der Waals surface area contributed by atoms with E-state index in [2.05, 4.69) is 31.5 Å². The smallest absolute Gasteiger partial charge is 0.257 e. The van der Waals surface area contributed by atoms with Crippen molar-refractivity contribution in [1.82, 2.24) is 4.98 Å². The van der Waals surface area contributed by atoms with Crippen LogP contribution < -0.4 is 10.6 Å². The molecule has 21 heavy (non-hydrogen) atoms. The van der Waals surface area contributed by atoms with Crippen molar-refractivity contribution >= 4 is 33.3 Å². The lowest BCUT2D eigenvalue weighted by atomic mass is 10.2. The fourth-order valence-electron chi connectivity index (χ4n) is 1.68. The van der Waals surface area contributed by atoms with E-state index in [-0.39, 0.29) is 5.91 Å². The first-order valence-electron chi connectivity index (χ1n) is 6.45. The van der Waals surface area contributed by atoms with Gasteiger partial charge in [-0.05, 0) is 30.3 Å². The van der Waals surface area contributed by atoms with Crippen LogP contribution in [0.1, 0.15) is 10.4 Å². The molecule has 1 aromatic carbocycles. The van der Waals surface area contributed by atoms with Gasteiger partial charge in [0.1, 0.15) is 5.82 Å². The number of anilines is 2. The van der Waals surface area contributed by atoms with Crippen molar-refractivity contribution < 1.29 is 9.53 Å². The Kier molecular flexibility index (Phi) is 5.71. The van der Waals surface area contributed by atoms with Gasteiger partial charge >= 0.3 is 0 Å². The summed E-state index contributed by atoms with van der Waals surface area (Å²) in [6.07, 6.45) is 1.54. The highest BCUT2D eigenvalue weighted by Gasteiger charge is 2.07. The summed E-state index contributed by atoms with van der Waals surface area (Å²) >= 11 is 3.37. The Morgan fingerprint density at radius 1 is 1.33 bits per heavy atom. The van der Waals surface area contributed by atoms with E-state index in [1.165, 1.54) is 0 Å². The summed E-state index contributed by atoms with van der Waals surface area (Å²) < 4.78 is 5.86. The maximum Gasteiger partial charge on any atom is 0.257 e. The number of nitrogens with one attached hydrogen (secondary N) is 2. The number of ether oxygens (including phenoxy) is 1. The molecule has 2 rings (SSSR count). The summed E-state index contributed by atoms with van der Waals surface area (Å²) in [5.41, 5.74) is 1.24. The van der Waals surface area contributed by atoms with Crippen LogP contribution in [0.4, 0.5) is 11.5 Å². The molecule has 0 saturated heterocycles. The highest BCUT2D eigenvalue weighted by molar-refractivity contribution is 9.10. The third kappa shape index (κ3) is 4.84. The molecule has 0 aliphatic rings. The third-order valence-corrected chi connectivity index (χ3v) is 3.21. The van der Waals surface area contributed by atoms with Crippen LogP contribution >= 0.6 is 15.9 Å². The second-order valence-corrected chi connectivity index (χ2v) is 5.23. The Morgan fingerprint density at radius 2 is 2.19 bits per heavy atom. The highest BCUT2D eigenvalue weighted by Crippen LogP contribution is 2.16. The van der Waals surface area contributed by atoms with E-state index < -0.39 is 0 Å². The number of pyridine rings is 1. The molecule has 0 radical (unpaired) electrons. The Bertz CT molecular complexity index is 602. The number of aromatic nitrogens is 1. The lowest BCUT2D eigenvalue weighted by molar-refractivity contribution is 0.102. The van der Waals surface area contributed by atoms with E-state index in [0.717, 1.165) is 10.2 Å². The van der Waals surface area contributed by atoms with Gasteiger partial charge in [0.2, 0.25) is 0 Å². The highest BCUT2D eigenvalue weighted by atomic mass is 79.9. The fourth-order valence-corrected chi connectivity index (χ4v) is 2.08. The number of halogens is 1. The summed E-state index contributed by atoms with van der Waals surface area (Å²) in [4.78, 5) is 16.3. The van der Waals surface area contributed by atoms with Gasteiger partial charge < -0.3 is 15.4 Å². The SMILES string of the molecule is COCCNc1ccc(C(=O)Nc2cccc(Br)c2)cn1. The maximum absolute atomic E-state index is 12.1. The zero-order valence-electron chi connectivity index (χ0n) is 11.6.